The third kappa shape index (κ3) is 2.48. The summed E-state index contributed by atoms with van der Waals surface area (Å²) in [5.74, 6) is 0.914. The van der Waals surface area contributed by atoms with Crippen molar-refractivity contribution in [2.75, 3.05) is 18.0 Å². The maximum Gasteiger partial charge on any atom is 0.159 e. The Morgan fingerprint density at radius 2 is 1.95 bits per heavy atom. The quantitative estimate of drug-likeness (QED) is 0.785. The Morgan fingerprint density at radius 3 is 2.60 bits per heavy atom. The molecule has 3 nitrogen and oxygen atoms in total. The van der Waals surface area contributed by atoms with Crippen LogP contribution in [0.4, 0.5) is 5.69 Å². The fourth-order valence-electron chi connectivity index (χ4n) is 2.79. The third-order valence-corrected chi connectivity index (χ3v) is 3.89. The smallest absolute Gasteiger partial charge is 0.159 e. The first-order chi connectivity index (χ1) is 9.75. The average Bonchev–Trinajstić information content (AvgIpc) is 3.01. The first-order valence-electron chi connectivity index (χ1n) is 7.19. The molecule has 1 saturated heterocycles. The Bertz CT molecular complexity index is 595. The average molecular weight is 269 g/mol. The lowest BCUT2D eigenvalue weighted by molar-refractivity contribution is 0.101. The molecule has 20 heavy (non-hydrogen) atoms. The van der Waals surface area contributed by atoms with Crippen LogP contribution in [0, 0.1) is 0 Å². The molecular weight excluding hydrogens is 250 g/mol. The van der Waals surface area contributed by atoms with Gasteiger partial charge in [-0.3, -0.25) is 4.79 Å². The number of Topliss-reactive ketones (excluding diaryl/α,β-unsaturated/α-hetero) is 1. The fraction of sp³-hybridized carbons (Fsp3) is 0.353. The molecule has 1 fully saturated rings. The van der Waals surface area contributed by atoms with Gasteiger partial charge in [0.05, 0.1) is 6.26 Å². The molecular formula is C17H19NO2. The summed E-state index contributed by atoms with van der Waals surface area (Å²) in [5.41, 5.74) is 2.92. The number of hydrogen-bond acceptors (Lipinski definition) is 3. The predicted molar refractivity (Wildman–Crippen MR) is 80.2 cm³/mol. The summed E-state index contributed by atoms with van der Waals surface area (Å²) in [6.45, 7) is 3.75. The van der Waals surface area contributed by atoms with Crippen LogP contribution in [-0.2, 0) is 0 Å². The van der Waals surface area contributed by atoms with Crippen molar-refractivity contribution in [2.45, 2.75) is 26.2 Å². The van der Waals surface area contributed by atoms with Gasteiger partial charge in [-0.15, -0.1) is 0 Å². The predicted octanol–water partition coefficient (Wildman–Crippen LogP) is 4.14. The van der Waals surface area contributed by atoms with Gasteiger partial charge < -0.3 is 9.32 Å². The van der Waals surface area contributed by atoms with E-state index in [1.165, 1.54) is 24.9 Å². The maximum absolute atomic E-state index is 11.6. The highest BCUT2D eigenvalue weighted by Gasteiger charge is 2.17. The molecule has 0 atom stereocenters. The molecule has 104 valence electrons. The number of hydrogen-bond donors (Lipinski definition) is 0. The first-order valence-corrected chi connectivity index (χ1v) is 7.19. The third-order valence-electron chi connectivity index (χ3n) is 3.89. The summed E-state index contributed by atoms with van der Waals surface area (Å²) < 4.78 is 5.55. The molecule has 2 aromatic rings. The maximum atomic E-state index is 11.6. The molecule has 1 aliphatic rings. The topological polar surface area (TPSA) is 33.5 Å². The van der Waals surface area contributed by atoms with E-state index in [9.17, 15) is 4.79 Å². The molecule has 0 unspecified atom stereocenters. The molecule has 0 bridgehead atoms. The van der Waals surface area contributed by atoms with Gasteiger partial charge in [-0.25, -0.2) is 0 Å². The molecule has 0 N–H and O–H groups in total. The number of carbonyl (C=O) groups is 1. The van der Waals surface area contributed by atoms with Crippen molar-refractivity contribution in [1.29, 1.82) is 0 Å². The van der Waals surface area contributed by atoms with Crippen molar-refractivity contribution < 1.29 is 9.21 Å². The zero-order valence-corrected chi connectivity index (χ0v) is 11.8. The molecule has 2 heterocycles. The van der Waals surface area contributed by atoms with Crippen molar-refractivity contribution in [1.82, 2.24) is 0 Å². The van der Waals surface area contributed by atoms with E-state index in [0.717, 1.165) is 30.0 Å². The molecule has 1 aromatic heterocycles. The number of rotatable bonds is 3. The van der Waals surface area contributed by atoms with Crippen LogP contribution >= 0.6 is 0 Å². The minimum Gasteiger partial charge on any atom is -0.464 e. The number of anilines is 1. The van der Waals surface area contributed by atoms with E-state index in [2.05, 4.69) is 11.0 Å². The van der Waals surface area contributed by atoms with E-state index in [1.807, 2.05) is 24.3 Å². The normalized spacial score (nSPS) is 15.3. The molecule has 0 radical (unpaired) electrons. The molecule has 1 aromatic carbocycles. The van der Waals surface area contributed by atoms with Crippen LogP contribution in [0.5, 0.6) is 0 Å². The molecule has 0 spiro atoms. The van der Waals surface area contributed by atoms with Crippen molar-refractivity contribution in [3.8, 4) is 11.3 Å². The molecule has 1 aliphatic heterocycles. The van der Waals surface area contributed by atoms with Crippen molar-refractivity contribution in [3.05, 3.63) is 42.2 Å². The van der Waals surface area contributed by atoms with E-state index < -0.39 is 0 Å². The number of furan rings is 1. The summed E-state index contributed by atoms with van der Waals surface area (Å²) in [4.78, 5) is 14.0. The van der Waals surface area contributed by atoms with E-state index in [1.54, 1.807) is 13.2 Å². The lowest BCUT2D eigenvalue weighted by Crippen LogP contribution is -2.29. The molecule has 0 aliphatic carbocycles. The van der Waals surface area contributed by atoms with E-state index in [-0.39, 0.29) is 5.78 Å². The monoisotopic (exact) mass is 269 g/mol. The van der Waals surface area contributed by atoms with E-state index in [0.29, 0.717) is 0 Å². The number of benzene rings is 1. The second-order valence-corrected chi connectivity index (χ2v) is 5.31. The molecule has 0 saturated carbocycles. The SMILES string of the molecule is CC(=O)c1ccc(N2CCCCC2)c(-c2ccco2)c1. The highest BCUT2D eigenvalue weighted by atomic mass is 16.3. The zero-order chi connectivity index (χ0) is 13.9. The van der Waals surface area contributed by atoms with Gasteiger partial charge in [0.1, 0.15) is 5.76 Å². The van der Waals surface area contributed by atoms with Crippen LogP contribution in [0.15, 0.2) is 41.0 Å². The largest absolute Gasteiger partial charge is 0.464 e. The minimum atomic E-state index is 0.0861. The summed E-state index contributed by atoms with van der Waals surface area (Å²) in [7, 11) is 0. The van der Waals surface area contributed by atoms with Crippen molar-refractivity contribution in [3.63, 3.8) is 0 Å². The Balaban J connectivity index is 2.06. The van der Waals surface area contributed by atoms with Gasteiger partial charge in [0.2, 0.25) is 0 Å². The second kappa shape index (κ2) is 5.53. The lowest BCUT2D eigenvalue weighted by atomic mass is 10.0. The fourth-order valence-corrected chi connectivity index (χ4v) is 2.79. The number of ketones is 1. The second-order valence-electron chi connectivity index (χ2n) is 5.31. The van der Waals surface area contributed by atoms with Crippen molar-refractivity contribution >= 4 is 11.5 Å². The van der Waals surface area contributed by atoms with Gasteiger partial charge in [-0.1, -0.05) is 0 Å². The highest BCUT2D eigenvalue weighted by Crippen LogP contribution is 2.33. The van der Waals surface area contributed by atoms with Gasteiger partial charge in [0.15, 0.2) is 5.78 Å². The van der Waals surface area contributed by atoms with Gasteiger partial charge in [-0.2, -0.15) is 0 Å². The van der Waals surface area contributed by atoms with Crippen LogP contribution in [0.2, 0.25) is 0 Å². The van der Waals surface area contributed by atoms with Crippen LogP contribution in [0.1, 0.15) is 36.5 Å². The van der Waals surface area contributed by atoms with E-state index >= 15 is 0 Å². The lowest BCUT2D eigenvalue weighted by Gasteiger charge is -2.30. The Morgan fingerprint density at radius 1 is 1.15 bits per heavy atom. The highest BCUT2D eigenvalue weighted by molar-refractivity contribution is 5.96. The van der Waals surface area contributed by atoms with Crippen LogP contribution in [-0.4, -0.2) is 18.9 Å². The van der Waals surface area contributed by atoms with Gasteiger partial charge in [0.25, 0.3) is 0 Å². The van der Waals surface area contributed by atoms with Gasteiger partial charge in [0, 0.05) is 29.9 Å². The van der Waals surface area contributed by atoms with E-state index in [4.69, 9.17) is 4.42 Å². The summed E-state index contributed by atoms with van der Waals surface area (Å²) in [6.07, 6.45) is 5.44. The number of piperidine rings is 1. The van der Waals surface area contributed by atoms with Crippen LogP contribution in [0.25, 0.3) is 11.3 Å². The summed E-state index contributed by atoms with van der Waals surface area (Å²) >= 11 is 0. The van der Waals surface area contributed by atoms with Gasteiger partial charge in [-0.05, 0) is 56.5 Å². The van der Waals surface area contributed by atoms with Crippen LogP contribution < -0.4 is 4.90 Å². The first kappa shape index (κ1) is 13.0. The minimum absolute atomic E-state index is 0.0861. The number of carbonyl (C=O) groups excluding carboxylic acids is 1. The Labute approximate surface area is 119 Å². The molecule has 3 rings (SSSR count). The zero-order valence-electron chi connectivity index (χ0n) is 11.8. The standard InChI is InChI=1S/C17H19NO2/c1-13(19)14-7-8-16(18-9-3-2-4-10-18)15(12-14)17-6-5-11-20-17/h5-8,11-12H,2-4,9-10H2,1H3. The Kier molecular flexibility index (Phi) is 3.59. The molecule has 0 amide bonds. The summed E-state index contributed by atoms with van der Waals surface area (Å²) in [5, 5.41) is 0. The number of nitrogens with zero attached hydrogens (tertiary/aromatic N) is 1. The van der Waals surface area contributed by atoms with Crippen LogP contribution in [0.3, 0.4) is 0 Å². The molecule has 3 heteroatoms. The van der Waals surface area contributed by atoms with Crippen molar-refractivity contribution in [2.24, 2.45) is 0 Å². The summed E-state index contributed by atoms with van der Waals surface area (Å²) in [6, 6.07) is 9.76. The Hall–Kier alpha value is -2.03. The van der Waals surface area contributed by atoms with Gasteiger partial charge >= 0.3 is 0 Å².